The first-order valence-corrected chi connectivity index (χ1v) is 7.74. The lowest BCUT2D eigenvalue weighted by Gasteiger charge is -2.23. The molecule has 1 rings (SSSR count). The molecule has 0 spiro atoms. The van der Waals surface area contributed by atoms with E-state index in [1.807, 2.05) is 0 Å². The summed E-state index contributed by atoms with van der Waals surface area (Å²) in [5, 5.41) is 4.79. The molecule has 0 fully saturated rings. The molecule has 0 saturated carbocycles. The van der Waals surface area contributed by atoms with Crippen molar-refractivity contribution in [2.75, 3.05) is 6.54 Å². The number of amides is 2. The Morgan fingerprint density at radius 3 is 2.08 bits per heavy atom. The van der Waals surface area contributed by atoms with Gasteiger partial charge >= 0.3 is 6.18 Å². The molecule has 0 aliphatic rings. The van der Waals surface area contributed by atoms with Crippen molar-refractivity contribution in [1.29, 1.82) is 0 Å². The minimum atomic E-state index is -5.01. The molecular formula is C17H21F3N2O3. The van der Waals surface area contributed by atoms with Gasteiger partial charge in [-0.15, -0.1) is 0 Å². The van der Waals surface area contributed by atoms with Crippen LogP contribution < -0.4 is 10.6 Å². The van der Waals surface area contributed by atoms with Crippen LogP contribution in [0.1, 0.15) is 32.3 Å². The molecule has 25 heavy (non-hydrogen) atoms. The second kappa shape index (κ2) is 8.64. The Balaban J connectivity index is 2.94. The quantitative estimate of drug-likeness (QED) is 0.784. The first-order valence-electron chi connectivity index (χ1n) is 7.74. The van der Waals surface area contributed by atoms with E-state index in [1.165, 1.54) is 31.2 Å². The van der Waals surface area contributed by atoms with Crippen LogP contribution in [0.4, 0.5) is 13.2 Å². The van der Waals surface area contributed by atoms with E-state index in [0.29, 0.717) is 0 Å². The molecule has 0 saturated heterocycles. The zero-order valence-corrected chi connectivity index (χ0v) is 14.2. The highest BCUT2D eigenvalue weighted by Gasteiger charge is 2.44. The average molecular weight is 358 g/mol. The fourth-order valence-corrected chi connectivity index (χ4v) is 2.31. The lowest BCUT2D eigenvalue weighted by atomic mass is 9.93. The van der Waals surface area contributed by atoms with E-state index in [9.17, 15) is 27.6 Å². The number of hydrogen-bond donors (Lipinski definition) is 2. The van der Waals surface area contributed by atoms with E-state index >= 15 is 0 Å². The van der Waals surface area contributed by atoms with E-state index in [-0.39, 0.29) is 11.5 Å². The van der Waals surface area contributed by atoms with Crippen LogP contribution in [0.15, 0.2) is 30.3 Å². The number of halogens is 3. The zero-order chi connectivity index (χ0) is 19.2. The van der Waals surface area contributed by atoms with Crippen molar-refractivity contribution in [3.05, 3.63) is 35.9 Å². The van der Waals surface area contributed by atoms with Crippen molar-refractivity contribution in [1.82, 2.24) is 10.6 Å². The first kappa shape index (κ1) is 20.7. The van der Waals surface area contributed by atoms with Gasteiger partial charge in [-0.05, 0) is 11.5 Å². The lowest BCUT2D eigenvalue weighted by Crippen LogP contribution is -2.50. The SMILES string of the molecule is CC(=O)NC(C(=O)NCC(C(=O)C(F)(F)F)c1ccccc1)C(C)C. The summed E-state index contributed by atoms with van der Waals surface area (Å²) < 4.78 is 38.5. The number of ketones is 1. The van der Waals surface area contributed by atoms with Gasteiger partial charge in [0.2, 0.25) is 17.6 Å². The highest BCUT2D eigenvalue weighted by atomic mass is 19.4. The number of hydrogen-bond acceptors (Lipinski definition) is 3. The lowest BCUT2D eigenvalue weighted by molar-refractivity contribution is -0.172. The van der Waals surface area contributed by atoms with Gasteiger partial charge < -0.3 is 10.6 Å². The molecule has 1 aromatic carbocycles. The number of alkyl halides is 3. The Morgan fingerprint density at radius 2 is 1.64 bits per heavy atom. The summed E-state index contributed by atoms with van der Waals surface area (Å²) in [6.45, 7) is 4.11. The summed E-state index contributed by atoms with van der Waals surface area (Å²) in [6.07, 6.45) is -5.01. The van der Waals surface area contributed by atoms with Crippen molar-refractivity contribution >= 4 is 17.6 Å². The molecule has 0 radical (unpaired) electrons. The molecule has 0 aliphatic carbocycles. The monoisotopic (exact) mass is 358 g/mol. The van der Waals surface area contributed by atoms with Crippen LogP contribution in [0.25, 0.3) is 0 Å². The molecule has 0 aliphatic heterocycles. The Hall–Kier alpha value is -2.38. The largest absolute Gasteiger partial charge is 0.450 e. The maximum Gasteiger partial charge on any atom is 0.450 e. The van der Waals surface area contributed by atoms with Crippen LogP contribution in [0.3, 0.4) is 0 Å². The molecular weight excluding hydrogens is 337 g/mol. The summed E-state index contributed by atoms with van der Waals surface area (Å²) in [7, 11) is 0. The van der Waals surface area contributed by atoms with Gasteiger partial charge in [0, 0.05) is 13.5 Å². The summed E-state index contributed by atoms with van der Waals surface area (Å²) in [6, 6.07) is 6.55. The molecule has 1 aromatic rings. The number of benzene rings is 1. The normalized spacial score (nSPS) is 13.9. The van der Waals surface area contributed by atoms with Gasteiger partial charge in [0.15, 0.2) is 0 Å². The van der Waals surface area contributed by atoms with Crippen molar-refractivity contribution < 1.29 is 27.6 Å². The predicted molar refractivity (Wildman–Crippen MR) is 85.7 cm³/mol. The van der Waals surface area contributed by atoms with Gasteiger partial charge in [0.25, 0.3) is 0 Å². The molecule has 0 heterocycles. The van der Waals surface area contributed by atoms with Crippen LogP contribution in [0, 0.1) is 5.92 Å². The van der Waals surface area contributed by atoms with Crippen LogP contribution in [-0.2, 0) is 14.4 Å². The molecule has 2 N–H and O–H groups in total. The topological polar surface area (TPSA) is 75.3 Å². The van der Waals surface area contributed by atoms with Crippen molar-refractivity contribution in [3.63, 3.8) is 0 Å². The number of rotatable bonds is 7. The standard InChI is InChI=1S/C17H21F3N2O3/c1-10(2)14(22-11(3)23)16(25)21-9-13(15(24)17(18,19)20)12-7-5-4-6-8-12/h4-8,10,13-14H,9H2,1-3H3,(H,21,25)(H,22,23). The maximum atomic E-state index is 12.8. The Morgan fingerprint density at radius 1 is 1.08 bits per heavy atom. The predicted octanol–water partition coefficient (Wildman–Crippen LogP) is 2.18. The van der Waals surface area contributed by atoms with Crippen LogP contribution in [0.5, 0.6) is 0 Å². The molecule has 2 unspecified atom stereocenters. The fraction of sp³-hybridized carbons (Fsp3) is 0.471. The molecule has 8 heteroatoms. The third-order valence-corrected chi connectivity index (χ3v) is 3.59. The summed E-state index contributed by atoms with van der Waals surface area (Å²) in [5.74, 6) is -4.81. The van der Waals surface area contributed by atoms with E-state index in [1.54, 1.807) is 19.9 Å². The molecule has 2 atom stereocenters. The Bertz CT molecular complexity index is 615. The van der Waals surface area contributed by atoms with E-state index in [4.69, 9.17) is 0 Å². The highest BCUT2D eigenvalue weighted by Crippen LogP contribution is 2.27. The zero-order valence-electron chi connectivity index (χ0n) is 14.2. The van der Waals surface area contributed by atoms with Crippen molar-refractivity contribution in [3.8, 4) is 0 Å². The third kappa shape index (κ3) is 6.21. The number of carbonyl (C=O) groups is 3. The van der Waals surface area contributed by atoms with Gasteiger partial charge in [-0.1, -0.05) is 44.2 Å². The van der Waals surface area contributed by atoms with E-state index in [0.717, 1.165) is 0 Å². The van der Waals surface area contributed by atoms with Gasteiger partial charge in [-0.25, -0.2) is 0 Å². The second-order valence-electron chi connectivity index (χ2n) is 5.99. The van der Waals surface area contributed by atoms with E-state index < -0.39 is 42.3 Å². The molecule has 2 amide bonds. The first-order chi connectivity index (χ1) is 11.5. The Kier molecular flexibility index (Phi) is 7.14. The summed E-state index contributed by atoms with van der Waals surface area (Å²) >= 11 is 0. The van der Waals surface area contributed by atoms with Gasteiger partial charge in [-0.3, -0.25) is 14.4 Å². The average Bonchev–Trinajstić information content (AvgIpc) is 2.52. The number of carbonyl (C=O) groups excluding carboxylic acids is 3. The fourth-order valence-electron chi connectivity index (χ4n) is 2.31. The number of Topliss-reactive ketones (excluding diaryl/α,β-unsaturated/α-hetero) is 1. The molecule has 0 aromatic heterocycles. The minimum Gasteiger partial charge on any atom is -0.353 e. The molecule has 0 bridgehead atoms. The smallest absolute Gasteiger partial charge is 0.353 e. The molecule has 5 nitrogen and oxygen atoms in total. The van der Waals surface area contributed by atoms with Crippen LogP contribution in [0.2, 0.25) is 0 Å². The summed E-state index contributed by atoms with van der Waals surface area (Å²) in [5.41, 5.74) is 0.158. The summed E-state index contributed by atoms with van der Waals surface area (Å²) in [4.78, 5) is 35.1. The third-order valence-electron chi connectivity index (χ3n) is 3.59. The van der Waals surface area contributed by atoms with Gasteiger partial charge in [0.1, 0.15) is 6.04 Å². The van der Waals surface area contributed by atoms with E-state index in [2.05, 4.69) is 10.6 Å². The number of nitrogens with one attached hydrogen (secondary N) is 2. The highest BCUT2D eigenvalue weighted by molar-refractivity contribution is 5.92. The van der Waals surface area contributed by atoms with Gasteiger partial charge in [-0.2, -0.15) is 13.2 Å². The maximum absolute atomic E-state index is 12.8. The van der Waals surface area contributed by atoms with Crippen molar-refractivity contribution in [2.45, 2.75) is 38.9 Å². The van der Waals surface area contributed by atoms with Crippen LogP contribution >= 0.6 is 0 Å². The second-order valence-corrected chi connectivity index (χ2v) is 5.99. The molecule has 138 valence electrons. The minimum absolute atomic E-state index is 0.158. The van der Waals surface area contributed by atoms with Crippen molar-refractivity contribution in [2.24, 2.45) is 5.92 Å². The van der Waals surface area contributed by atoms with Gasteiger partial charge in [0.05, 0.1) is 5.92 Å². The Labute approximate surface area is 144 Å². The van der Waals surface area contributed by atoms with Crippen LogP contribution in [-0.4, -0.2) is 36.4 Å².